The van der Waals surface area contributed by atoms with E-state index in [9.17, 15) is 0 Å². The molecule has 3 N–H and O–H groups in total. The van der Waals surface area contributed by atoms with Crippen LogP contribution in [0.2, 0.25) is 0 Å². The van der Waals surface area contributed by atoms with E-state index >= 15 is 0 Å². The fraction of sp³-hybridized carbons (Fsp3) is 0.312. The Bertz CT molecular complexity index is 784. The van der Waals surface area contributed by atoms with Crippen molar-refractivity contribution in [3.8, 4) is 0 Å². The van der Waals surface area contributed by atoms with E-state index in [2.05, 4.69) is 39.4 Å². The summed E-state index contributed by atoms with van der Waals surface area (Å²) in [6, 6.07) is 10.00. The number of hydrogen-bond donors (Lipinski definition) is 3. The van der Waals surface area contributed by atoms with E-state index in [-0.39, 0.29) is 12.6 Å². The van der Waals surface area contributed by atoms with Crippen molar-refractivity contribution in [3.63, 3.8) is 0 Å². The van der Waals surface area contributed by atoms with Gasteiger partial charge in [-0.15, -0.1) is 0 Å². The average Bonchev–Trinajstić information content (AvgIpc) is 2.98. The first-order valence-corrected chi connectivity index (χ1v) is 7.60. The van der Waals surface area contributed by atoms with E-state index in [1.54, 1.807) is 6.33 Å². The number of aliphatic hydroxyl groups excluding tert-OH is 1. The lowest BCUT2D eigenvalue weighted by atomic mass is 10.3. The average molecular weight is 312 g/mol. The van der Waals surface area contributed by atoms with Crippen LogP contribution in [-0.4, -0.2) is 37.8 Å². The molecule has 2 aromatic heterocycles. The maximum absolute atomic E-state index is 9.05. The van der Waals surface area contributed by atoms with Crippen LogP contribution in [0, 0.1) is 0 Å². The Kier molecular flexibility index (Phi) is 4.38. The number of anilines is 3. The predicted octanol–water partition coefficient (Wildman–Crippen LogP) is 2.56. The summed E-state index contributed by atoms with van der Waals surface area (Å²) >= 11 is 0. The maximum atomic E-state index is 9.05. The summed E-state index contributed by atoms with van der Waals surface area (Å²) in [5.41, 5.74) is 2.37. The van der Waals surface area contributed by atoms with E-state index < -0.39 is 0 Å². The lowest BCUT2D eigenvalue weighted by molar-refractivity contribution is 0.311. The maximum Gasteiger partial charge on any atom is 0.231 e. The molecule has 0 saturated heterocycles. The molecule has 0 aliphatic heterocycles. The molecule has 7 heteroatoms. The first kappa shape index (κ1) is 15.2. The first-order valence-electron chi connectivity index (χ1n) is 7.60. The highest BCUT2D eigenvalue weighted by Gasteiger charge is 2.14. The minimum absolute atomic E-state index is 0.0256. The standard InChI is InChI=1S/C16H20N6O/c1-11(2)22-10-18-13-14(17-8-9-23)20-16(21-15(13)22)19-12-6-4-3-5-7-12/h3-7,10-11,23H,8-9H2,1-2H3,(H2,17,19,20,21). The number of fused-ring (bicyclic) bond motifs is 1. The van der Waals surface area contributed by atoms with Crippen LogP contribution in [0.4, 0.5) is 17.5 Å². The number of imidazole rings is 1. The Morgan fingerprint density at radius 2 is 1.96 bits per heavy atom. The SMILES string of the molecule is CC(C)n1cnc2c(NCCO)nc(Nc3ccccc3)nc21. The Morgan fingerprint density at radius 3 is 2.65 bits per heavy atom. The van der Waals surface area contributed by atoms with Gasteiger partial charge in [-0.25, -0.2) is 4.98 Å². The van der Waals surface area contributed by atoms with Crippen molar-refractivity contribution in [3.05, 3.63) is 36.7 Å². The van der Waals surface area contributed by atoms with Gasteiger partial charge in [-0.3, -0.25) is 0 Å². The van der Waals surface area contributed by atoms with Crippen molar-refractivity contribution in [2.45, 2.75) is 19.9 Å². The van der Waals surface area contributed by atoms with Crippen molar-refractivity contribution in [1.29, 1.82) is 0 Å². The van der Waals surface area contributed by atoms with Gasteiger partial charge < -0.3 is 20.3 Å². The van der Waals surface area contributed by atoms with E-state index in [0.29, 0.717) is 23.8 Å². The monoisotopic (exact) mass is 312 g/mol. The Hall–Kier alpha value is -2.67. The normalized spacial score (nSPS) is 11.1. The number of para-hydroxylation sites is 1. The van der Waals surface area contributed by atoms with E-state index in [4.69, 9.17) is 5.11 Å². The second kappa shape index (κ2) is 6.62. The molecule has 0 spiro atoms. The van der Waals surface area contributed by atoms with Gasteiger partial charge in [-0.1, -0.05) is 18.2 Å². The Morgan fingerprint density at radius 1 is 1.17 bits per heavy atom. The van der Waals surface area contributed by atoms with Crippen LogP contribution >= 0.6 is 0 Å². The highest BCUT2D eigenvalue weighted by molar-refractivity contribution is 5.84. The third-order valence-electron chi connectivity index (χ3n) is 3.41. The molecule has 0 unspecified atom stereocenters. The quantitative estimate of drug-likeness (QED) is 0.648. The smallest absolute Gasteiger partial charge is 0.231 e. The van der Waals surface area contributed by atoms with Crippen molar-refractivity contribution in [2.24, 2.45) is 0 Å². The van der Waals surface area contributed by atoms with E-state index in [1.807, 2.05) is 34.9 Å². The molecule has 2 heterocycles. The molecule has 3 aromatic rings. The van der Waals surface area contributed by atoms with Gasteiger partial charge in [0.2, 0.25) is 5.95 Å². The molecule has 0 aliphatic rings. The zero-order valence-corrected chi connectivity index (χ0v) is 13.2. The van der Waals surface area contributed by atoms with E-state index in [1.165, 1.54) is 0 Å². The Labute approximate surface area is 134 Å². The Balaban J connectivity index is 2.05. The van der Waals surface area contributed by atoms with Crippen LogP contribution in [0.3, 0.4) is 0 Å². The van der Waals surface area contributed by atoms with Crippen LogP contribution in [0.15, 0.2) is 36.7 Å². The molecule has 0 fully saturated rings. The molecule has 3 rings (SSSR count). The van der Waals surface area contributed by atoms with Crippen LogP contribution < -0.4 is 10.6 Å². The summed E-state index contributed by atoms with van der Waals surface area (Å²) in [5.74, 6) is 1.11. The first-order chi connectivity index (χ1) is 11.2. The predicted molar refractivity (Wildman–Crippen MR) is 91.0 cm³/mol. The van der Waals surface area contributed by atoms with Gasteiger partial charge in [0.15, 0.2) is 17.0 Å². The lowest BCUT2D eigenvalue weighted by Crippen LogP contribution is -2.10. The zero-order valence-electron chi connectivity index (χ0n) is 13.2. The molecule has 0 bridgehead atoms. The fourth-order valence-corrected chi connectivity index (χ4v) is 2.30. The lowest BCUT2D eigenvalue weighted by Gasteiger charge is -2.11. The molecule has 0 aliphatic carbocycles. The van der Waals surface area contributed by atoms with Crippen molar-refractivity contribution < 1.29 is 5.11 Å². The summed E-state index contributed by atoms with van der Waals surface area (Å²) in [6.07, 6.45) is 1.76. The summed E-state index contributed by atoms with van der Waals surface area (Å²) in [6.45, 7) is 4.59. The highest BCUT2D eigenvalue weighted by Crippen LogP contribution is 2.24. The van der Waals surface area contributed by atoms with Crippen LogP contribution in [0.1, 0.15) is 19.9 Å². The fourth-order valence-electron chi connectivity index (χ4n) is 2.30. The minimum Gasteiger partial charge on any atom is -0.395 e. The molecule has 1 aromatic carbocycles. The van der Waals surface area contributed by atoms with Gasteiger partial charge in [0.25, 0.3) is 0 Å². The summed E-state index contributed by atoms with van der Waals surface area (Å²) < 4.78 is 2.00. The van der Waals surface area contributed by atoms with Gasteiger partial charge in [-0.05, 0) is 26.0 Å². The zero-order chi connectivity index (χ0) is 16.2. The molecule has 120 valence electrons. The molecule has 23 heavy (non-hydrogen) atoms. The van der Waals surface area contributed by atoms with Gasteiger partial charge >= 0.3 is 0 Å². The topological polar surface area (TPSA) is 87.9 Å². The molecule has 7 nitrogen and oxygen atoms in total. The molecule has 0 saturated carbocycles. The van der Waals surface area contributed by atoms with E-state index in [0.717, 1.165) is 11.3 Å². The third kappa shape index (κ3) is 3.24. The number of nitrogens with one attached hydrogen (secondary N) is 2. The second-order valence-corrected chi connectivity index (χ2v) is 5.46. The van der Waals surface area contributed by atoms with Crippen LogP contribution in [-0.2, 0) is 0 Å². The summed E-state index contributed by atoms with van der Waals surface area (Å²) in [5, 5.41) is 15.4. The third-order valence-corrected chi connectivity index (χ3v) is 3.41. The summed E-state index contributed by atoms with van der Waals surface area (Å²) in [4.78, 5) is 13.5. The van der Waals surface area contributed by atoms with Crippen molar-refractivity contribution in [2.75, 3.05) is 23.8 Å². The number of benzene rings is 1. The van der Waals surface area contributed by atoms with Crippen LogP contribution in [0.5, 0.6) is 0 Å². The van der Waals surface area contributed by atoms with Gasteiger partial charge in [-0.2, -0.15) is 9.97 Å². The van der Waals surface area contributed by atoms with Gasteiger partial charge in [0.1, 0.15) is 0 Å². The molecule has 0 radical (unpaired) electrons. The minimum atomic E-state index is 0.0256. The van der Waals surface area contributed by atoms with Gasteiger partial charge in [0.05, 0.1) is 12.9 Å². The number of aliphatic hydroxyl groups is 1. The van der Waals surface area contributed by atoms with Gasteiger partial charge in [0, 0.05) is 18.3 Å². The molecular formula is C16H20N6O. The molecule has 0 atom stereocenters. The highest BCUT2D eigenvalue weighted by atomic mass is 16.3. The summed E-state index contributed by atoms with van der Waals surface area (Å²) in [7, 11) is 0. The van der Waals surface area contributed by atoms with Crippen molar-refractivity contribution in [1.82, 2.24) is 19.5 Å². The number of nitrogens with zero attached hydrogens (tertiary/aromatic N) is 4. The molecular weight excluding hydrogens is 292 g/mol. The van der Waals surface area contributed by atoms with Crippen LogP contribution in [0.25, 0.3) is 11.2 Å². The number of aromatic nitrogens is 4. The van der Waals surface area contributed by atoms with Crippen molar-refractivity contribution >= 4 is 28.6 Å². The number of hydrogen-bond acceptors (Lipinski definition) is 6. The number of rotatable bonds is 6. The largest absolute Gasteiger partial charge is 0.395 e. The second-order valence-electron chi connectivity index (χ2n) is 5.46. The molecule has 0 amide bonds.